The molecule has 7 heteroatoms. The number of nitrogen functional groups attached to an aromatic ring is 1. The van der Waals surface area contributed by atoms with Gasteiger partial charge in [0, 0.05) is 0 Å². The molecule has 0 radical (unpaired) electrons. The molecule has 2 heterocycles. The van der Waals surface area contributed by atoms with Gasteiger partial charge in [-0.15, -0.1) is 11.7 Å². The largest absolute Gasteiger partial charge is 0.369 e. The molecular weight excluding hydrogens is 184 g/mol. The van der Waals surface area contributed by atoms with E-state index in [4.69, 9.17) is 5.73 Å². The molecule has 0 unspecified atom stereocenters. The number of nitrogens with zero attached hydrogens (tertiary/aromatic N) is 4. The quantitative estimate of drug-likeness (QED) is 0.611. The molecule has 2 aromatic rings. The normalized spacial score (nSPS) is 10.6. The molecule has 2 rings (SSSR count). The maximum atomic E-state index is 11.4. The van der Waals surface area contributed by atoms with Gasteiger partial charge in [-0.05, 0) is 0 Å². The monoisotopic (exact) mass is 192 g/mol. The molecule has 0 bridgehead atoms. The number of nitrogens with one attached hydrogen (secondary N) is 1. The number of hydrogen-bond acceptors (Lipinski definition) is 5. The zero-order chi connectivity index (χ0) is 10.1. The molecule has 72 valence electrons. The molecule has 0 fully saturated rings. The summed E-state index contributed by atoms with van der Waals surface area (Å²) in [5.41, 5.74) is 5.54. The average Bonchev–Trinajstić information content (AvgIpc) is 2.49. The number of allylic oxidation sites excluding steroid dienone is 1. The number of aromatic nitrogens is 5. The number of fused-ring (bicyclic) bond motifs is 1. The van der Waals surface area contributed by atoms with Crippen molar-refractivity contribution >= 4 is 17.1 Å². The van der Waals surface area contributed by atoms with Crippen LogP contribution in [0.15, 0.2) is 17.4 Å². The Labute approximate surface area is 78.3 Å². The van der Waals surface area contributed by atoms with E-state index < -0.39 is 0 Å². The molecule has 0 spiro atoms. The van der Waals surface area contributed by atoms with E-state index in [9.17, 15) is 4.79 Å². The van der Waals surface area contributed by atoms with Crippen molar-refractivity contribution < 1.29 is 0 Å². The molecule has 2 aromatic heterocycles. The van der Waals surface area contributed by atoms with Crippen LogP contribution in [0.3, 0.4) is 0 Å². The fraction of sp³-hybridized carbons (Fsp3) is 0.143. The minimum absolute atomic E-state index is 0.0353. The van der Waals surface area contributed by atoms with E-state index in [-0.39, 0.29) is 17.2 Å². The predicted octanol–water partition coefficient (Wildman–Crippen LogP) is -0.717. The zero-order valence-electron chi connectivity index (χ0n) is 7.27. The summed E-state index contributed by atoms with van der Waals surface area (Å²) >= 11 is 0. The smallest absolute Gasteiger partial charge is 0.280 e. The van der Waals surface area contributed by atoms with E-state index in [1.165, 1.54) is 4.68 Å². The number of nitrogens with two attached hydrogens (primary N) is 1. The van der Waals surface area contributed by atoms with Gasteiger partial charge in [0.05, 0.1) is 6.54 Å². The summed E-state index contributed by atoms with van der Waals surface area (Å²) in [5, 5.41) is 7.46. The van der Waals surface area contributed by atoms with Crippen molar-refractivity contribution in [3.63, 3.8) is 0 Å². The predicted molar refractivity (Wildman–Crippen MR) is 50.6 cm³/mol. The van der Waals surface area contributed by atoms with E-state index in [0.717, 1.165) is 0 Å². The Bertz CT molecular complexity index is 539. The minimum Gasteiger partial charge on any atom is -0.369 e. The Morgan fingerprint density at radius 3 is 3.14 bits per heavy atom. The molecule has 0 saturated heterocycles. The van der Waals surface area contributed by atoms with Gasteiger partial charge >= 0.3 is 0 Å². The minimum atomic E-state index is -0.348. The van der Waals surface area contributed by atoms with Crippen LogP contribution in [-0.4, -0.2) is 25.0 Å². The number of aromatic amines is 1. The average molecular weight is 192 g/mol. The first-order chi connectivity index (χ1) is 6.72. The van der Waals surface area contributed by atoms with Gasteiger partial charge in [-0.3, -0.25) is 9.78 Å². The first kappa shape index (κ1) is 8.42. The van der Waals surface area contributed by atoms with Crippen LogP contribution in [0.4, 0.5) is 5.95 Å². The first-order valence-electron chi connectivity index (χ1n) is 3.92. The van der Waals surface area contributed by atoms with Crippen molar-refractivity contribution in [1.29, 1.82) is 0 Å². The second-order valence-electron chi connectivity index (χ2n) is 2.68. The van der Waals surface area contributed by atoms with Crippen LogP contribution < -0.4 is 11.3 Å². The van der Waals surface area contributed by atoms with E-state index in [1.54, 1.807) is 6.08 Å². The van der Waals surface area contributed by atoms with Gasteiger partial charge in [0.2, 0.25) is 11.6 Å². The van der Waals surface area contributed by atoms with Gasteiger partial charge in [-0.1, -0.05) is 11.3 Å². The van der Waals surface area contributed by atoms with Crippen LogP contribution in [0.2, 0.25) is 0 Å². The molecule has 0 aliphatic carbocycles. The van der Waals surface area contributed by atoms with Crippen LogP contribution in [0.5, 0.6) is 0 Å². The lowest BCUT2D eigenvalue weighted by Gasteiger charge is -1.95. The van der Waals surface area contributed by atoms with Crippen molar-refractivity contribution in [1.82, 2.24) is 25.0 Å². The van der Waals surface area contributed by atoms with Crippen molar-refractivity contribution in [2.75, 3.05) is 5.73 Å². The maximum Gasteiger partial charge on any atom is 0.280 e. The Balaban J connectivity index is 2.79. The first-order valence-corrected chi connectivity index (χ1v) is 3.92. The second-order valence-corrected chi connectivity index (χ2v) is 2.68. The zero-order valence-corrected chi connectivity index (χ0v) is 7.27. The van der Waals surface area contributed by atoms with Crippen molar-refractivity contribution in [3.8, 4) is 0 Å². The molecule has 0 aliphatic heterocycles. The summed E-state index contributed by atoms with van der Waals surface area (Å²) in [5.74, 6) is 0.0353. The lowest BCUT2D eigenvalue weighted by molar-refractivity contribution is 0.681. The molecule has 14 heavy (non-hydrogen) atoms. The van der Waals surface area contributed by atoms with Crippen LogP contribution >= 0.6 is 0 Å². The highest BCUT2D eigenvalue weighted by molar-refractivity contribution is 5.69. The Kier molecular flexibility index (Phi) is 1.77. The number of rotatable bonds is 2. The molecule has 0 saturated carbocycles. The molecule has 0 aliphatic rings. The van der Waals surface area contributed by atoms with Crippen LogP contribution in [0, 0.1) is 0 Å². The SMILES string of the molecule is C=CCn1nnc2nc(N)[nH]c(=O)c21. The van der Waals surface area contributed by atoms with Crippen molar-refractivity contribution in [2.45, 2.75) is 6.54 Å². The van der Waals surface area contributed by atoms with Gasteiger partial charge in [0.25, 0.3) is 5.56 Å². The summed E-state index contributed by atoms with van der Waals surface area (Å²) in [6, 6.07) is 0. The molecule has 7 nitrogen and oxygen atoms in total. The molecule has 3 N–H and O–H groups in total. The van der Waals surface area contributed by atoms with Gasteiger partial charge in [-0.25, -0.2) is 4.68 Å². The van der Waals surface area contributed by atoms with Gasteiger partial charge in [0.15, 0.2) is 5.52 Å². The Morgan fingerprint density at radius 1 is 1.64 bits per heavy atom. The number of anilines is 1. The third-order valence-corrected chi connectivity index (χ3v) is 1.70. The van der Waals surface area contributed by atoms with Gasteiger partial charge in [-0.2, -0.15) is 4.98 Å². The highest BCUT2D eigenvalue weighted by atomic mass is 16.1. The van der Waals surface area contributed by atoms with E-state index in [0.29, 0.717) is 12.1 Å². The highest BCUT2D eigenvalue weighted by Gasteiger charge is 2.09. The third-order valence-electron chi connectivity index (χ3n) is 1.70. The van der Waals surface area contributed by atoms with E-state index in [2.05, 4.69) is 26.9 Å². The van der Waals surface area contributed by atoms with Crippen LogP contribution in [0.25, 0.3) is 11.2 Å². The summed E-state index contributed by atoms with van der Waals surface area (Å²) in [7, 11) is 0. The molecular formula is C7H8N6O. The number of hydrogen-bond donors (Lipinski definition) is 2. The summed E-state index contributed by atoms with van der Waals surface area (Å²) in [4.78, 5) is 17.7. The Morgan fingerprint density at radius 2 is 2.43 bits per heavy atom. The number of H-pyrrole nitrogens is 1. The summed E-state index contributed by atoms with van der Waals surface area (Å²) in [6.07, 6.45) is 1.61. The fourth-order valence-electron chi connectivity index (χ4n) is 1.17. The molecule has 0 atom stereocenters. The van der Waals surface area contributed by atoms with Crippen molar-refractivity contribution in [3.05, 3.63) is 23.0 Å². The second kappa shape index (κ2) is 2.95. The summed E-state index contributed by atoms with van der Waals surface area (Å²) < 4.78 is 1.41. The maximum absolute atomic E-state index is 11.4. The molecule has 0 aromatic carbocycles. The fourth-order valence-corrected chi connectivity index (χ4v) is 1.17. The summed E-state index contributed by atoms with van der Waals surface area (Å²) in [6.45, 7) is 3.95. The van der Waals surface area contributed by atoms with E-state index >= 15 is 0 Å². The lowest BCUT2D eigenvalue weighted by atomic mass is 10.5. The highest BCUT2D eigenvalue weighted by Crippen LogP contribution is 2.02. The van der Waals surface area contributed by atoms with Gasteiger partial charge < -0.3 is 5.73 Å². The lowest BCUT2D eigenvalue weighted by Crippen LogP contribution is -2.14. The molecule has 0 amide bonds. The Hall–Kier alpha value is -2.18. The van der Waals surface area contributed by atoms with Gasteiger partial charge in [0.1, 0.15) is 0 Å². The topological polar surface area (TPSA) is 102 Å². The third kappa shape index (κ3) is 1.15. The standard InChI is InChI=1S/C7H8N6O/c1-2-3-13-4-5(11-12-13)9-7(8)10-6(4)14/h2H,1,3H2,(H3,8,9,10,14). The van der Waals surface area contributed by atoms with Crippen molar-refractivity contribution in [2.24, 2.45) is 0 Å². The van der Waals surface area contributed by atoms with Crippen LogP contribution in [0.1, 0.15) is 0 Å². The van der Waals surface area contributed by atoms with Crippen LogP contribution in [-0.2, 0) is 6.54 Å². The van der Waals surface area contributed by atoms with E-state index in [1.807, 2.05) is 0 Å².